The van der Waals surface area contributed by atoms with E-state index >= 15 is 0 Å². The molecule has 1 unspecified atom stereocenters. The number of aliphatic hydroxyl groups is 1. The summed E-state index contributed by atoms with van der Waals surface area (Å²) in [7, 11) is 1.61. The van der Waals surface area contributed by atoms with E-state index in [0.717, 1.165) is 16.7 Å². The minimum atomic E-state index is -0.647. The molecule has 1 saturated heterocycles. The predicted molar refractivity (Wildman–Crippen MR) is 122 cm³/mol. The number of hydrogen-bond donors (Lipinski definition) is 1. The summed E-state index contributed by atoms with van der Waals surface area (Å²) in [6, 6.07) is 12.9. The fraction of sp³-hybridized carbons (Fsp3) is 0.385. The molecule has 1 heterocycles. The molecular formula is C26H31NO4. The lowest BCUT2D eigenvalue weighted by Gasteiger charge is -2.25. The van der Waals surface area contributed by atoms with Gasteiger partial charge in [0.1, 0.15) is 5.76 Å². The molecule has 0 aliphatic carbocycles. The molecule has 2 aromatic carbocycles. The summed E-state index contributed by atoms with van der Waals surface area (Å²) in [5, 5.41) is 11.1. The summed E-state index contributed by atoms with van der Waals surface area (Å²) in [4.78, 5) is 27.5. The first-order chi connectivity index (χ1) is 14.8. The van der Waals surface area contributed by atoms with Gasteiger partial charge in [0.15, 0.2) is 0 Å². The third kappa shape index (κ3) is 4.57. The van der Waals surface area contributed by atoms with Crippen molar-refractivity contribution in [2.24, 2.45) is 0 Å². The molecule has 0 bridgehead atoms. The molecule has 2 aromatic rings. The normalized spacial score (nSPS) is 18.3. The number of ether oxygens (including phenoxy) is 1. The van der Waals surface area contributed by atoms with Gasteiger partial charge in [0.05, 0.1) is 11.6 Å². The lowest BCUT2D eigenvalue weighted by atomic mass is 9.92. The van der Waals surface area contributed by atoms with Crippen LogP contribution in [-0.4, -0.2) is 42.0 Å². The number of Topliss-reactive ketones (excluding diaryl/α,β-unsaturated/α-hetero) is 1. The molecule has 0 saturated carbocycles. The molecule has 31 heavy (non-hydrogen) atoms. The van der Waals surface area contributed by atoms with Crippen LogP contribution in [0.4, 0.5) is 0 Å². The van der Waals surface area contributed by atoms with Gasteiger partial charge in [-0.15, -0.1) is 0 Å². The van der Waals surface area contributed by atoms with Gasteiger partial charge in [-0.25, -0.2) is 0 Å². The van der Waals surface area contributed by atoms with Gasteiger partial charge < -0.3 is 14.7 Å². The standard InChI is InChI=1S/C26H31NO4/c1-16(2)19-9-11-20(12-10-19)23-22(24(28)21-8-7-17(3)18(4)15-21)25(29)26(30)27(23)13-6-14-31-5/h7-12,15-16,23,28H,6,13-14H2,1-5H3/b24-22-. The number of amides is 1. The number of aliphatic hydroxyl groups excluding tert-OH is 1. The average Bonchev–Trinajstić information content (AvgIpc) is 3.00. The van der Waals surface area contributed by atoms with Crippen molar-refractivity contribution in [1.82, 2.24) is 4.90 Å². The molecule has 0 spiro atoms. The van der Waals surface area contributed by atoms with E-state index in [-0.39, 0.29) is 11.3 Å². The smallest absolute Gasteiger partial charge is 0.295 e. The molecule has 0 radical (unpaired) electrons. The highest BCUT2D eigenvalue weighted by atomic mass is 16.5. The van der Waals surface area contributed by atoms with E-state index in [1.807, 2.05) is 50.2 Å². The van der Waals surface area contributed by atoms with Crippen LogP contribution < -0.4 is 0 Å². The van der Waals surface area contributed by atoms with E-state index in [1.165, 1.54) is 5.56 Å². The molecule has 1 N–H and O–H groups in total. The van der Waals surface area contributed by atoms with Crippen molar-refractivity contribution >= 4 is 17.4 Å². The zero-order valence-corrected chi connectivity index (χ0v) is 18.9. The van der Waals surface area contributed by atoms with E-state index in [0.29, 0.717) is 31.1 Å². The quantitative estimate of drug-likeness (QED) is 0.299. The molecule has 1 amide bonds. The zero-order chi connectivity index (χ0) is 22.7. The Morgan fingerprint density at radius 2 is 1.74 bits per heavy atom. The second kappa shape index (κ2) is 9.48. The van der Waals surface area contributed by atoms with Crippen LogP contribution in [0.25, 0.3) is 5.76 Å². The van der Waals surface area contributed by atoms with Crippen LogP contribution in [-0.2, 0) is 14.3 Å². The molecule has 164 valence electrons. The van der Waals surface area contributed by atoms with Gasteiger partial charge in [-0.05, 0) is 54.5 Å². The number of benzene rings is 2. The van der Waals surface area contributed by atoms with Gasteiger partial charge in [0.2, 0.25) is 0 Å². The average molecular weight is 422 g/mol. The second-order valence-corrected chi connectivity index (χ2v) is 8.46. The van der Waals surface area contributed by atoms with Gasteiger partial charge in [0.25, 0.3) is 11.7 Å². The van der Waals surface area contributed by atoms with Crippen LogP contribution in [0.5, 0.6) is 0 Å². The first-order valence-electron chi connectivity index (χ1n) is 10.7. The monoisotopic (exact) mass is 421 g/mol. The van der Waals surface area contributed by atoms with E-state index in [1.54, 1.807) is 18.1 Å². The first-order valence-corrected chi connectivity index (χ1v) is 10.7. The number of rotatable bonds is 7. The van der Waals surface area contributed by atoms with Gasteiger partial charge in [-0.1, -0.05) is 50.2 Å². The Hall–Kier alpha value is -2.92. The molecule has 3 rings (SSSR count). The number of carbonyl (C=O) groups is 2. The molecular weight excluding hydrogens is 390 g/mol. The SMILES string of the molecule is COCCCN1C(=O)C(=O)/C(=C(\O)c2ccc(C)c(C)c2)C1c1ccc(C(C)C)cc1. The van der Waals surface area contributed by atoms with Gasteiger partial charge in [-0.3, -0.25) is 9.59 Å². The van der Waals surface area contributed by atoms with Crippen molar-refractivity contribution in [2.75, 3.05) is 20.3 Å². The maximum Gasteiger partial charge on any atom is 0.295 e. The minimum absolute atomic E-state index is 0.131. The number of hydrogen-bond acceptors (Lipinski definition) is 4. The Morgan fingerprint density at radius 3 is 2.32 bits per heavy atom. The Morgan fingerprint density at radius 1 is 1.06 bits per heavy atom. The summed E-state index contributed by atoms with van der Waals surface area (Å²) in [5.41, 5.74) is 4.78. The number of likely N-dealkylation sites (tertiary alicyclic amines) is 1. The second-order valence-electron chi connectivity index (χ2n) is 8.46. The maximum atomic E-state index is 13.0. The molecule has 1 fully saturated rings. The highest BCUT2D eigenvalue weighted by Gasteiger charge is 2.45. The summed E-state index contributed by atoms with van der Waals surface area (Å²) in [5.74, 6) is -0.989. The van der Waals surface area contributed by atoms with Gasteiger partial charge in [0, 0.05) is 25.8 Å². The Balaban J connectivity index is 2.12. The molecule has 1 aliphatic rings. The van der Waals surface area contributed by atoms with Crippen molar-refractivity contribution in [1.29, 1.82) is 0 Å². The van der Waals surface area contributed by atoms with E-state index < -0.39 is 17.7 Å². The number of carbonyl (C=O) groups excluding carboxylic acids is 2. The van der Waals surface area contributed by atoms with E-state index in [2.05, 4.69) is 13.8 Å². The van der Waals surface area contributed by atoms with Crippen molar-refractivity contribution in [2.45, 2.75) is 46.1 Å². The zero-order valence-electron chi connectivity index (χ0n) is 18.9. The minimum Gasteiger partial charge on any atom is -0.507 e. The van der Waals surface area contributed by atoms with Crippen molar-refractivity contribution in [3.05, 3.63) is 75.9 Å². The summed E-state index contributed by atoms with van der Waals surface area (Å²) in [6.07, 6.45) is 0.605. The first kappa shape index (κ1) is 22.8. The third-order valence-electron chi connectivity index (χ3n) is 5.99. The van der Waals surface area contributed by atoms with E-state index in [9.17, 15) is 14.7 Å². The number of aryl methyl sites for hydroxylation is 2. The summed E-state index contributed by atoms with van der Waals surface area (Å²) < 4.78 is 5.13. The van der Waals surface area contributed by atoms with Crippen LogP contribution in [0.15, 0.2) is 48.0 Å². The van der Waals surface area contributed by atoms with E-state index in [4.69, 9.17) is 4.74 Å². The largest absolute Gasteiger partial charge is 0.507 e. The fourth-order valence-corrected chi connectivity index (χ4v) is 3.94. The van der Waals surface area contributed by atoms with Crippen molar-refractivity contribution in [3.8, 4) is 0 Å². The molecule has 5 nitrogen and oxygen atoms in total. The van der Waals surface area contributed by atoms with Crippen LogP contribution in [0.2, 0.25) is 0 Å². The third-order valence-corrected chi connectivity index (χ3v) is 5.99. The number of ketones is 1. The van der Waals surface area contributed by atoms with Crippen LogP contribution in [0.3, 0.4) is 0 Å². The Labute approximate surface area is 184 Å². The van der Waals surface area contributed by atoms with Crippen LogP contribution >= 0.6 is 0 Å². The lowest BCUT2D eigenvalue weighted by molar-refractivity contribution is -0.140. The lowest BCUT2D eigenvalue weighted by Crippen LogP contribution is -2.31. The van der Waals surface area contributed by atoms with Gasteiger partial charge >= 0.3 is 0 Å². The molecule has 1 aliphatic heterocycles. The van der Waals surface area contributed by atoms with Gasteiger partial charge in [-0.2, -0.15) is 0 Å². The summed E-state index contributed by atoms with van der Waals surface area (Å²) >= 11 is 0. The number of methoxy groups -OCH3 is 1. The van der Waals surface area contributed by atoms with Crippen LogP contribution in [0, 0.1) is 13.8 Å². The predicted octanol–water partition coefficient (Wildman–Crippen LogP) is 4.89. The Bertz CT molecular complexity index is 1000. The molecule has 5 heteroatoms. The summed E-state index contributed by atoms with van der Waals surface area (Å²) in [6.45, 7) is 9.04. The molecule has 0 aromatic heterocycles. The number of nitrogens with zero attached hydrogens (tertiary/aromatic N) is 1. The fourth-order valence-electron chi connectivity index (χ4n) is 3.94. The topological polar surface area (TPSA) is 66.8 Å². The maximum absolute atomic E-state index is 13.0. The van der Waals surface area contributed by atoms with Crippen LogP contribution in [0.1, 0.15) is 60.0 Å². The van der Waals surface area contributed by atoms with Crippen molar-refractivity contribution in [3.63, 3.8) is 0 Å². The Kier molecular flexibility index (Phi) is 6.96. The molecule has 1 atom stereocenters. The van der Waals surface area contributed by atoms with Crippen molar-refractivity contribution < 1.29 is 19.4 Å². The highest BCUT2D eigenvalue weighted by Crippen LogP contribution is 2.40. The highest BCUT2D eigenvalue weighted by molar-refractivity contribution is 6.46.